The normalized spacial score (nSPS) is 9.33. The highest BCUT2D eigenvalue weighted by Crippen LogP contribution is 2.22. The second-order valence-corrected chi connectivity index (χ2v) is 2.50. The summed E-state index contributed by atoms with van der Waals surface area (Å²) in [6, 6.07) is 13.3. The number of benzene rings is 2. The summed E-state index contributed by atoms with van der Waals surface area (Å²) in [7, 11) is 0. The van der Waals surface area contributed by atoms with E-state index in [2.05, 4.69) is 0 Å². The molecule has 2 aromatic rings. The van der Waals surface area contributed by atoms with Crippen molar-refractivity contribution < 1.29 is 5.11 Å². The van der Waals surface area contributed by atoms with Crippen molar-refractivity contribution in [3.8, 4) is 5.75 Å². The minimum absolute atomic E-state index is 0. The number of rotatable bonds is 0. The summed E-state index contributed by atoms with van der Waals surface area (Å²) < 4.78 is 0. The highest BCUT2D eigenvalue weighted by Gasteiger charge is 1.94. The second kappa shape index (κ2) is 3.26. The van der Waals surface area contributed by atoms with Crippen LogP contribution in [0.4, 0.5) is 0 Å². The minimum Gasteiger partial charge on any atom is -0.507 e. The first-order chi connectivity index (χ1) is 5.38. The third-order valence-corrected chi connectivity index (χ3v) is 1.77. The number of phenols is 1. The molecule has 0 atom stereocenters. The molecular formula is C11H12O. The number of fused-ring (bicyclic) bond motifs is 1. The number of hydrogen-bond acceptors (Lipinski definition) is 1. The van der Waals surface area contributed by atoms with Crippen molar-refractivity contribution in [1.82, 2.24) is 0 Å². The molecule has 0 heterocycles. The van der Waals surface area contributed by atoms with E-state index in [-0.39, 0.29) is 7.43 Å². The van der Waals surface area contributed by atoms with Crippen molar-refractivity contribution >= 4 is 10.8 Å². The van der Waals surface area contributed by atoms with Crippen molar-refractivity contribution in [3.63, 3.8) is 0 Å². The summed E-state index contributed by atoms with van der Waals surface area (Å²) in [5, 5.41) is 11.4. The topological polar surface area (TPSA) is 20.2 Å². The fourth-order valence-electron chi connectivity index (χ4n) is 1.21. The molecule has 0 aliphatic carbocycles. The van der Waals surface area contributed by atoms with Crippen LogP contribution in [0.5, 0.6) is 5.75 Å². The third kappa shape index (κ3) is 1.26. The average molecular weight is 160 g/mol. The average Bonchev–Trinajstić information content (AvgIpc) is 2.06. The van der Waals surface area contributed by atoms with E-state index in [1.54, 1.807) is 6.07 Å². The van der Waals surface area contributed by atoms with Crippen LogP contribution >= 0.6 is 0 Å². The first-order valence-corrected chi connectivity index (χ1v) is 3.54. The molecule has 0 aliphatic heterocycles. The van der Waals surface area contributed by atoms with E-state index in [1.807, 2.05) is 36.4 Å². The molecule has 12 heavy (non-hydrogen) atoms. The molecule has 0 spiro atoms. The Morgan fingerprint density at radius 1 is 0.833 bits per heavy atom. The van der Waals surface area contributed by atoms with Gasteiger partial charge in [0.2, 0.25) is 0 Å². The van der Waals surface area contributed by atoms with Crippen LogP contribution in [0.15, 0.2) is 42.5 Å². The van der Waals surface area contributed by atoms with Crippen LogP contribution in [0.3, 0.4) is 0 Å². The lowest BCUT2D eigenvalue weighted by atomic mass is 10.1. The maximum absolute atomic E-state index is 9.37. The molecule has 0 saturated heterocycles. The summed E-state index contributed by atoms with van der Waals surface area (Å²) in [5.74, 6) is 0.350. The summed E-state index contributed by atoms with van der Waals surface area (Å²) in [6.45, 7) is 0. The number of aromatic hydroxyl groups is 1. The van der Waals surface area contributed by atoms with E-state index in [9.17, 15) is 5.11 Å². The molecule has 62 valence electrons. The summed E-state index contributed by atoms with van der Waals surface area (Å²) in [6.07, 6.45) is 0. The molecule has 2 rings (SSSR count). The van der Waals surface area contributed by atoms with Gasteiger partial charge in [-0.25, -0.2) is 0 Å². The maximum Gasteiger partial charge on any atom is 0.123 e. The molecule has 2 aromatic carbocycles. The summed E-state index contributed by atoms with van der Waals surface area (Å²) in [5.41, 5.74) is 0. The van der Waals surface area contributed by atoms with Crippen molar-refractivity contribution in [2.24, 2.45) is 0 Å². The van der Waals surface area contributed by atoms with Crippen molar-refractivity contribution in [3.05, 3.63) is 42.5 Å². The first-order valence-electron chi connectivity index (χ1n) is 3.54. The molecule has 1 nitrogen and oxygen atoms in total. The maximum atomic E-state index is 9.37. The largest absolute Gasteiger partial charge is 0.507 e. The Labute approximate surface area is 72.3 Å². The minimum atomic E-state index is 0. The monoisotopic (exact) mass is 160 g/mol. The number of phenolic OH excluding ortho intramolecular Hbond substituents is 1. The Balaban J connectivity index is 0.000000720. The Hall–Kier alpha value is -1.50. The van der Waals surface area contributed by atoms with Crippen LogP contribution in [0.2, 0.25) is 0 Å². The van der Waals surface area contributed by atoms with E-state index in [0.717, 1.165) is 10.8 Å². The van der Waals surface area contributed by atoms with Gasteiger partial charge in [0, 0.05) is 5.39 Å². The van der Waals surface area contributed by atoms with Gasteiger partial charge < -0.3 is 5.11 Å². The Morgan fingerprint density at radius 2 is 1.50 bits per heavy atom. The van der Waals surface area contributed by atoms with Gasteiger partial charge in [0.15, 0.2) is 0 Å². The quantitative estimate of drug-likeness (QED) is 0.627. The van der Waals surface area contributed by atoms with Gasteiger partial charge in [-0.2, -0.15) is 0 Å². The molecule has 0 saturated carbocycles. The Morgan fingerprint density at radius 3 is 2.25 bits per heavy atom. The molecule has 0 amide bonds. The molecule has 0 aliphatic rings. The molecular weight excluding hydrogens is 148 g/mol. The highest BCUT2D eigenvalue weighted by molar-refractivity contribution is 5.87. The summed E-state index contributed by atoms with van der Waals surface area (Å²) >= 11 is 0. The second-order valence-electron chi connectivity index (χ2n) is 2.50. The van der Waals surface area contributed by atoms with Gasteiger partial charge in [-0.3, -0.25) is 0 Å². The molecule has 1 N–H and O–H groups in total. The van der Waals surface area contributed by atoms with Crippen molar-refractivity contribution in [2.45, 2.75) is 7.43 Å². The smallest absolute Gasteiger partial charge is 0.123 e. The van der Waals surface area contributed by atoms with E-state index in [1.165, 1.54) is 0 Å². The Kier molecular flexibility index (Phi) is 2.34. The highest BCUT2D eigenvalue weighted by atomic mass is 16.3. The van der Waals surface area contributed by atoms with E-state index in [4.69, 9.17) is 0 Å². The van der Waals surface area contributed by atoms with Crippen LogP contribution in [-0.4, -0.2) is 5.11 Å². The lowest BCUT2D eigenvalue weighted by Gasteiger charge is -1.97. The van der Waals surface area contributed by atoms with Crippen LogP contribution in [0.25, 0.3) is 10.8 Å². The zero-order valence-corrected chi connectivity index (χ0v) is 5.99. The van der Waals surface area contributed by atoms with Gasteiger partial charge in [-0.15, -0.1) is 0 Å². The molecule has 0 aromatic heterocycles. The van der Waals surface area contributed by atoms with Crippen molar-refractivity contribution in [1.29, 1.82) is 0 Å². The predicted molar refractivity (Wildman–Crippen MR) is 52.3 cm³/mol. The van der Waals surface area contributed by atoms with Gasteiger partial charge in [-0.1, -0.05) is 43.8 Å². The van der Waals surface area contributed by atoms with E-state index < -0.39 is 0 Å². The molecule has 0 unspecified atom stereocenters. The van der Waals surface area contributed by atoms with Crippen molar-refractivity contribution in [2.75, 3.05) is 0 Å². The lowest BCUT2D eigenvalue weighted by molar-refractivity contribution is 0.481. The number of hydrogen-bond donors (Lipinski definition) is 1. The first kappa shape index (κ1) is 8.60. The molecule has 0 radical (unpaired) electrons. The SMILES string of the molecule is C.Oc1cccc2ccccc12. The third-order valence-electron chi connectivity index (χ3n) is 1.77. The van der Waals surface area contributed by atoms with Gasteiger partial charge >= 0.3 is 0 Å². The molecule has 0 bridgehead atoms. The van der Waals surface area contributed by atoms with Crippen LogP contribution in [0.1, 0.15) is 7.43 Å². The zero-order valence-electron chi connectivity index (χ0n) is 5.99. The Bertz CT molecular complexity index is 374. The fourth-order valence-corrected chi connectivity index (χ4v) is 1.21. The molecule has 0 fully saturated rings. The van der Waals surface area contributed by atoms with Gasteiger partial charge in [-0.05, 0) is 11.5 Å². The van der Waals surface area contributed by atoms with Gasteiger partial charge in [0.1, 0.15) is 5.75 Å². The predicted octanol–water partition coefficient (Wildman–Crippen LogP) is 3.18. The van der Waals surface area contributed by atoms with E-state index >= 15 is 0 Å². The zero-order chi connectivity index (χ0) is 7.68. The van der Waals surface area contributed by atoms with Crippen LogP contribution < -0.4 is 0 Å². The fraction of sp³-hybridized carbons (Fsp3) is 0.0909. The summed E-state index contributed by atoms with van der Waals surface area (Å²) in [4.78, 5) is 0. The standard InChI is InChI=1S/C10H8O.CH4/c11-10-7-3-5-8-4-1-2-6-9(8)10;/h1-7,11H;1H4. The van der Waals surface area contributed by atoms with E-state index in [0.29, 0.717) is 5.75 Å². The van der Waals surface area contributed by atoms with Gasteiger partial charge in [0.05, 0.1) is 0 Å². The molecule has 1 heteroatoms. The van der Waals surface area contributed by atoms with Crippen LogP contribution in [0, 0.1) is 0 Å². The lowest BCUT2D eigenvalue weighted by Crippen LogP contribution is -1.70. The van der Waals surface area contributed by atoms with Crippen LogP contribution in [-0.2, 0) is 0 Å². The van der Waals surface area contributed by atoms with Gasteiger partial charge in [0.25, 0.3) is 0 Å².